The van der Waals surface area contributed by atoms with Crippen LogP contribution in [-0.2, 0) is 9.59 Å². The lowest BCUT2D eigenvalue weighted by atomic mass is 10.0. The molecule has 2 amide bonds. The van der Waals surface area contributed by atoms with Crippen molar-refractivity contribution in [2.75, 3.05) is 6.54 Å². The third-order valence-corrected chi connectivity index (χ3v) is 3.18. The number of nitrogens with zero attached hydrogens (tertiary/aromatic N) is 1. The molecule has 0 aromatic rings. The summed E-state index contributed by atoms with van der Waals surface area (Å²) in [7, 11) is 0. The lowest BCUT2D eigenvalue weighted by Gasteiger charge is -2.38. The van der Waals surface area contributed by atoms with Crippen molar-refractivity contribution in [3.63, 3.8) is 0 Å². The molecule has 1 saturated heterocycles. The quantitative estimate of drug-likeness (QED) is 0.562. The van der Waals surface area contributed by atoms with Gasteiger partial charge in [-0.15, -0.1) is 6.58 Å². The van der Waals surface area contributed by atoms with Crippen molar-refractivity contribution in [1.29, 1.82) is 0 Å². The summed E-state index contributed by atoms with van der Waals surface area (Å²) in [5.41, 5.74) is 0. The van der Waals surface area contributed by atoms with E-state index in [9.17, 15) is 9.59 Å². The maximum atomic E-state index is 12.2. The first-order chi connectivity index (χ1) is 8.15. The van der Waals surface area contributed by atoms with Gasteiger partial charge in [-0.2, -0.15) is 0 Å². The Morgan fingerprint density at radius 1 is 1.35 bits per heavy atom. The highest BCUT2D eigenvalue weighted by Crippen LogP contribution is 2.15. The second-order valence-electron chi connectivity index (χ2n) is 4.36. The molecule has 1 heterocycles. The van der Waals surface area contributed by atoms with E-state index >= 15 is 0 Å². The number of carbonyl (C=O) groups excluding carboxylic acids is 2. The predicted octanol–water partition coefficient (Wildman–Crippen LogP) is 1.47. The minimum atomic E-state index is -0.339. The Bertz CT molecular complexity index is 302. The third-order valence-electron chi connectivity index (χ3n) is 3.18. The minimum Gasteiger partial charge on any atom is -0.343 e. The van der Waals surface area contributed by atoms with E-state index in [1.165, 1.54) is 0 Å². The predicted molar refractivity (Wildman–Crippen MR) is 67.4 cm³/mol. The molecule has 2 unspecified atom stereocenters. The van der Waals surface area contributed by atoms with Crippen LogP contribution >= 0.6 is 0 Å². The molecule has 1 aliphatic rings. The maximum Gasteiger partial charge on any atom is 0.245 e. The lowest BCUT2D eigenvalue weighted by molar-refractivity contribution is -0.149. The van der Waals surface area contributed by atoms with Crippen molar-refractivity contribution in [2.24, 2.45) is 0 Å². The summed E-state index contributed by atoms with van der Waals surface area (Å²) in [6.07, 6.45) is 4.90. The van der Waals surface area contributed by atoms with Gasteiger partial charge in [0, 0.05) is 6.54 Å². The fourth-order valence-electron chi connectivity index (χ4n) is 2.18. The fourth-order valence-corrected chi connectivity index (χ4v) is 2.18. The Morgan fingerprint density at radius 3 is 2.59 bits per heavy atom. The van der Waals surface area contributed by atoms with E-state index in [0.717, 1.165) is 12.8 Å². The minimum absolute atomic E-state index is 0.0162. The molecule has 0 saturated carbocycles. The molecule has 17 heavy (non-hydrogen) atoms. The zero-order chi connectivity index (χ0) is 12.8. The monoisotopic (exact) mass is 238 g/mol. The van der Waals surface area contributed by atoms with E-state index in [4.69, 9.17) is 0 Å². The third kappa shape index (κ3) is 3.08. The van der Waals surface area contributed by atoms with E-state index in [2.05, 4.69) is 11.9 Å². The Labute approximate surface area is 103 Å². The van der Waals surface area contributed by atoms with Crippen LogP contribution in [0, 0.1) is 0 Å². The van der Waals surface area contributed by atoms with Crippen LogP contribution in [0.1, 0.15) is 39.5 Å². The van der Waals surface area contributed by atoms with Gasteiger partial charge in [-0.1, -0.05) is 19.9 Å². The van der Waals surface area contributed by atoms with Crippen LogP contribution in [0.4, 0.5) is 0 Å². The van der Waals surface area contributed by atoms with Gasteiger partial charge in [-0.3, -0.25) is 9.59 Å². The molecule has 0 aromatic carbocycles. The van der Waals surface area contributed by atoms with Crippen LogP contribution in [0.3, 0.4) is 0 Å². The largest absolute Gasteiger partial charge is 0.343 e. The number of nitrogens with one attached hydrogen (secondary N) is 1. The van der Waals surface area contributed by atoms with Gasteiger partial charge in [0.1, 0.15) is 12.1 Å². The van der Waals surface area contributed by atoms with Crippen molar-refractivity contribution in [1.82, 2.24) is 10.2 Å². The molecular weight excluding hydrogens is 216 g/mol. The second kappa shape index (κ2) is 6.42. The van der Waals surface area contributed by atoms with Crippen LogP contribution in [0.5, 0.6) is 0 Å². The number of hydrogen-bond donors (Lipinski definition) is 1. The molecular formula is C13H22N2O2. The van der Waals surface area contributed by atoms with Crippen molar-refractivity contribution in [2.45, 2.75) is 51.6 Å². The lowest BCUT2D eigenvalue weighted by Crippen LogP contribution is -2.63. The Balaban J connectivity index is 2.73. The molecule has 1 rings (SSSR count). The highest BCUT2D eigenvalue weighted by Gasteiger charge is 2.37. The molecule has 1 fully saturated rings. The summed E-state index contributed by atoms with van der Waals surface area (Å²) < 4.78 is 0. The molecule has 1 aliphatic heterocycles. The summed E-state index contributed by atoms with van der Waals surface area (Å²) in [6, 6.07) is -0.635. The Morgan fingerprint density at radius 2 is 2.06 bits per heavy atom. The van der Waals surface area contributed by atoms with Crippen LogP contribution in [0.2, 0.25) is 0 Å². The van der Waals surface area contributed by atoms with Crippen LogP contribution in [0.15, 0.2) is 12.7 Å². The van der Waals surface area contributed by atoms with Crippen molar-refractivity contribution in [3.05, 3.63) is 12.7 Å². The van der Waals surface area contributed by atoms with Gasteiger partial charge in [0.25, 0.3) is 0 Å². The average Bonchev–Trinajstić information content (AvgIpc) is 2.33. The van der Waals surface area contributed by atoms with Crippen molar-refractivity contribution >= 4 is 11.8 Å². The van der Waals surface area contributed by atoms with Crippen LogP contribution < -0.4 is 5.32 Å². The van der Waals surface area contributed by atoms with E-state index in [1.54, 1.807) is 4.90 Å². The fraction of sp³-hybridized carbons (Fsp3) is 0.692. The number of carbonyl (C=O) groups is 2. The molecule has 96 valence electrons. The summed E-state index contributed by atoms with van der Waals surface area (Å²) in [6.45, 7) is 8.16. The zero-order valence-corrected chi connectivity index (χ0v) is 10.7. The molecule has 0 aromatic heterocycles. The number of rotatable bonds is 6. The van der Waals surface area contributed by atoms with E-state index in [-0.39, 0.29) is 23.9 Å². The topological polar surface area (TPSA) is 49.4 Å². The molecule has 0 radical (unpaired) electrons. The van der Waals surface area contributed by atoms with Gasteiger partial charge in [0.15, 0.2) is 0 Å². The molecule has 0 spiro atoms. The maximum absolute atomic E-state index is 12.2. The number of piperazine rings is 1. The Hall–Kier alpha value is -1.32. The molecule has 0 bridgehead atoms. The summed E-state index contributed by atoms with van der Waals surface area (Å²) in [4.78, 5) is 25.7. The molecule has 4 heteroatoms. The number of amides is 2. The smallest absolute Gasteiger partial charge is 0.245 e. The molecule has 0 aliphatic carbocycles. The van der Waals surface area contributed by atoms with Gasteiger partial charge < -0.3 is 10.2 Å². The second-order valence-corrected chi connectivity index (χ2v) is 4.36. The van der Waals surface area contributed by atoms with E-state index < -0.39 is 0 Å². The number of hydrogen-bond acceptors (Lipinski definition) is 2. The standard InChI is InChI=1S/C13H22N2O2/c1-4-7-8-9-15-11(6-3)12(16)14-10(5-2)13(15)17/h4,10-11H,1,5-9H2,2-3H3,(H,14,16). The first-order valence-corrected chi connectivity index (χ1v) is 6.37. The zero-order valence-electron chi connectivity index (χ0n) is 10.7. The van der Waals surface area contributed by atoms with Crippen LogP contribution in [-0.4, -0.2) is 35.3 Å². The van der Waals surface area contributed by atoms with Gasteiger partial charge >= 0.3 is 0 Å². The highest BCUT2D eigenvalue weighted by atomic mass is 16.2. The SMILES string of the molecule is C=CCCCN1C(=O)C(CC)NC(=O)C1CC. The Kier molecular flexibility index (Phi) is 5.19. The summed E-state index contributed by atoms with van der Waals surface area (Å²) in [5, 5.41) is 2.79. The summed E-state index contributed by atoms with van der Waals surface area (Å²) in [5.74, 6) is 0.0422. The van der Waals surface area contributed by atoms with E-state index in [0.29, 0.717) is 19.4 Å². The highest BCUT2D eigenvalue weighted by molar-refractivity contribution is 5.96. The molecule has 2 atom stereocenters. The molecule has 4 nitrogen and oxygen atoms in total. The number of allylic oxidation sites excluding steroid dienone is 1. The van der Waals surface area contributed by atoms with Crippen molar-refractivity contribution < 1.29 is 9.59 Å². The average molecular weight is 238 g/mol. The summed E-state index contributed by atoms with van der Waals surface area (Å²) >= 11 is 0. The first-order valence-electron chi connectivity index (χ1n) is 6.37. The number of unbranched alkanes of at least 4 members (excludes halogenated alkanes) is 1. The van der Waals surface area contributed by atoms with Gasteiger partial charge in [0.2, 0.25) is 11.8 Å². The van der Waals surface area contributed by atoms with E-state index in [1.807, 2.05) is 19.9 Å². The molecule has 1 N–H and O–H groups in total. The first kappa shape index (κ1) is 13.7. The van der Waals surface area contributed by atoms with Gasteiger partial charge in [-0.05, 0) is 25.7 Å². The van der Waals surface area contributed by atoms with Gasteiger partial charge in [-0.25, -0.2) is 0 Å². The van der Waals surface area contributed by atoms with Crippen molar-refractivity contribution in [3.8, 4) is 0 Å². The van der Waals surface area contributed by atoms with Gasteiger partial charge in [0.05, 0.1) is 0 Å². The van der Waals surface area contributed by atoms with Crippen LogP contribution in [0.25, 0.3) is 0 Å². The normalized spacial score (nSPS) is 24.7.